The maximum atomic E-state index is 13.3. The second-order valence-corrected chi connectivity index (χ2v) is 6.65. The first kappa shape index (κ1) is 17.9. The van der Waals surface area contributed by atoms with E-state index in [0.717, 1.165) is 11.1 Å². The number of nitrogens with zero attached hydrogens (tertiary/aromatic N) is 7. The number of rotatable bonds is 5. The lowest BCUT2D eigenvalue weighted by Gasteiger charge is -2.10. The minimum Gasteiger partial charge on any atom is -0.468 e. The third-order valence-electron chi connectivity index (χ3n) is 4.53. The van der Waals surface area contributed by atoms with Crippen LogP contribution in [-0.4, -0.2) is 34.6 Å². The number of hydrogen-bond donors (Lipinski definition) is 0. The van der Waals surface area contributed by atoms with Gasteiger partial charge >= 0.3 is 0 Å². The van der Waals surface area contributed by atoms with Crippen LogP contribution in [-0.2, 0) is 13.7 Å². The Hall–Kier alpha value is -4.14. The molecule has 0 atom stereocenters. The monoisotopic (exact) mass is 401 g/mol. The first-order valence-corrected chi connectivity index (χ1v) is 9.22. The Morgan fingerprint density at radius 3 is 2.47 bits per heavy atom. The molecule has 0 amide bonds. The highest BCUT2D eigenvalue weighted by molar-refractivity contribution is 5.72. The summed E-state index contributed by atoms with van der Waals surface area (Å²) in [5, 5.41) is 17.4. The molecule has 0 N–H and O–H groups in total. The van der Waals surface area contributed by atoms with Gasteiger partial charge in [-0.1, -0.05) is 30.3 Å². The van der Waals surface area contributed by atoms with Gasteiger partial charge < -0.3 is 4.74 Å². The molecule has 30 heavy (non-hydrogen) atoms. The van der Waals surface area contributed by atoms with E-state index < -0.39 is 0 Å². The zero-order valence-electron chi connectivity index (χ0n) is 16.0. The van der Waals surface area contributed by atoms with Crippen LogP contribution in [0.4, 0.5) is 4.39 Å². The van der Waals surface area contributed by atoms with Crippen molar-refractivity contribution in [3.05, 3.63) is 78.6 Å². The highest BCUT2D eigenvalue weighted by Gasteiger charge is 2.17. The Morgan fingerprint density at radius 1 is 0.933 bits per heavy atom. The Balaban J connectivity index is 1.61. The molecule has 0 aliphatic rings. The highest BCUT2D eigenvalue weighted by Crippen LogP contribution is 2.30. The van der Waals surface area contributed by atoms with Gasteiger partial charge in [-0.05, 0) is 35.9 Å². The maximum Gasteiger partial charge on any atom is 0.240 e. The SMILES string of the molecule is Cn1cnc(COc2nn3c(-c4ccc(F)cc4)nnc3cc2-c2ccccc2)n1. The summed E-state index contributed by atoms with van der Waals surface area (Å²) >= 11 is 0. The molecule has 3 aromatic heterocycles. The number of aryl methyl sites for hydroxylation is 1. The van der Waals surface area contributed by atoms with Gasteiger partial charge in [-0.15, -0.1) is 15.3 Å². The van der Waals surface area contributed by atoms with Crippen molar-refractivity contribution in [2.24, 2.45) is 7.05 Å². The molecule has 0 fully saturated rings. The first-order chi connectivity index (χ1) is 14.7. The lowest BCUT2D eigenvalue weighted by Crippen LogP contribution is -2.05. The summed E-state index contributed by atoms with van der Waals surface area (Å²) in [6.07, 6.45) is 1.61. The van der Waals surface area contributed by atoms with Crippen LogP contribution in [0.3, 0.4) is 0 Å². The molecule has 0 aliphatic carbocycles. The fraction of sp³-hybridized carbons (Fsp3) is 0.0952. The van der Waals surface area contributed by atoms with E-state index in [1.807, 2.05) is 36.4 Å². The molecule has 8 nitrogen and oxygen atoms in total. The van der Waals surface area contributed by atoms with Crippen molar-refractivity contribution in [2.75, 3.05) is 0 Å². The topological polar surface area (TPSA) is 83.0 Å². The minimum atomic E-state index is -0.321. The molecule has 0 unspecified atom stereocenters. The fourth-order valence-electron chi connectivity index (χ4n) is 3.11. The molecule has 0 spiro atoms. The van der Waals surface area contributed by atoms with E-state index in [1.54, 1.807) is 34.7 Å². The van der Waals surface area contributed by atoms with Gasteiger partial charge in [0.15, 0.2) is 23.9 Å². The van der Waals surface area contributed by atoms with Gasteiger partial charge in [0.25, 0.3) is 0 Å². The number of ether oxygens (including phenoxy) is 1. The summed E-state index contributed by atoms with van der Waals surface area (Å²) in [5.74, 6) is 1.11. The largest absolute Gasteiger partial charge is 0.468 e. The molecule has 0 saturated carbocycles. The zero-order valence-corrected chi connectivity index (χ0v) is 16.0. The van der Waals surface area contributed by atoms with E-state index in [2.05, 4.69) is 25.4 Å². The second-order valence-electron chi connectivity index (χ2n) is 6.65. The molecular weight excluding hydrogens is 385 g/mol. The molecule has 0 radical (unpaired) electrons. The molecule has 3 heterocycles. The van der Waals surface area contributed by atoms with E-state index in [9.17, 15) is 4.39 Å². The molecule has 5 aromatic rings. The summed E-state index contributed by atoms with van der Waals surface area (Å²) in [4.78, 5) is 4.19. The predicted molar refractivity (Wildman–Crippen MR) is 107 cm³/mol. The van der Waals surface area contributed by atoms with Crippen LogP contribution in [0.2, 0.25) is 0 Å². The number of fused-ring (bicyclic) bond motifs is 1. The number of hydrogen-bond acceptors (Lipinski definition) is 6. The average Bonchev–Trinajstić information content (AvgIpc) is 3.38. The third kappa shape index (κ3) is 3.37. The van der Waals surface area contributed by atoms with Gasteiger partial charge in [0.05, 0.1) is 0 Å². The van der Waals surface area contributed by atoms with Crippen molar-refractivity contribution in [2.45, 2.75) is 6.61 Å². The van der Waals surface area contributed by atoms with Crippen LogP contribution in [0.1, 0.15) is 5.82 Å². The van der Waals surface area contributed by atoms with Crippen molar-refractivity contribution in [1.29, 1.82) is 0 Å². The summed E-state index contributed by atoms with van der Waals surface area (Å²) in [6, 6.07) is 17.6. The van der Waals surface area contributed by atoms with Gasteiger partial charge in [0, 0.05) is 18.2 Å². The highest BCUT2D eigenvalue weighted by atomic mass is 19.1. The van der Waals surface area contributed by atoms with Gasteiger partial charge in [0.1, 0.15) is 12.1 Å². The molecule has 0 bridgehead atoms. The number of aromatic nitrogens is 7. The normalized spacial score (nSPS) is 11.1. The molecule has 5 rings (SSSR count). The van der Waals surface area contributed by atoms with Crippen LogP contribution < -0.4 is 4.74 Å². The Kier molecular flexibility index (Phi) is 4.40. The van der Waals surface area contributed by atoms with Crippen molar-refractivity contribution >= 4 is 5.65 Å². The summed E-state index contributed by atoms with van der Waals surface area (Å²) in [7, 11) is 1.79. The molecule has 2 aromatic carbocycles. The van der Waals surface area contributed by atoms with E-state index in [0.29, 0.717) is 28.7 Å². The molecule has 9 heteroatoms. The standard InChI is InChI=1S/C21H16FN7O/c1-28-13-23-18(26-28)12-30-21-17(14-5-3-2-4-6-14)11-19-24-25-20(29(19)27-21)15-7-9-16(22)10-8-15/h2-11,13H,12H2,1H3. The molecule has 0 aliphatic heterocycles. The van der Waals surface area contributed by atoms with Crippen molar-refractivity contribution in [3.63, 3.8) is 0 Å². The Bertz CT molecular complexity index is 1310. The van der Waals surface area contributed by atoms with Gasteiger partial charge in [0.2, 0.25) is 5.88 Å². The van der Waals surface area contributed by atoms with Gasteiger partial charge in [-0.25, -0.2) is 9.37 Å². The summed E-state index contributed by atoms with van der Waals surface area (Å²) < 4.78 is 22.5. The predicted octanol–water partition coefficient (Wildman–Crippen LogP) is 3.30. The Morgan fingerprint density at radius 2 is 1.73 bits per heavy atom. The van der Waals surface area contributed by atoms with Gasteiger partial charge in [-0.2, -0.15) is 9.61 Å². The van der Waals surface area contributed by atoms with Crippen LogP contribution in [0.25, 0.3) is 28.2 Å². The van der Waals surface area contributed by atoms with Crippen molar-refractivity contribution in [1.82, 2.24) is 34.6 Å². The molecule has 148 valence electrons. The quantitative estimate of drug-likeness (QED) is 0.449. The van der Waals surface area contributed by atoms with E-state index in [4.69, 9.17) is 4.74 Å². The zero-order chi connectivity index (χ0) is 20.5. The smallest absolute Gasteiger partial charge is 0.240 e. The first-order valence-electron chi connectivity index (χ1n) is 9.22. The summed E-state index contributed by atoms with van der Waals surface area (Å²) in [5.41, 5.74) is 2.96. The van der Waals surface area contributed by atoms with Crippen LogP contribution in [0.5, 0.6) is 5.88 Å². The maximum absolute atomic E-state index is 13.3. The summed E-state index contributed by atoms with van der Waals surface area (Å²) in [6.45, 7) is 0.160. The lowest BCUT2D eigenvalue weighted by molar-refractivity contribution is 0.281. The van der Waals surface area contributed by atoms with Crippen molar-refractivity contribution in [3.8, 4) is 28.4 Å². The molecule has 0 saturated heterocycles. The van der Waals surface area contributed by atoms with Gasteiger partial charge in [-0.3, -0.25) is 4.68 Å². The average molecular weight is 401 g/mol. The Labute approximate surface area is 170 Å². The third-order valence-corrected chi connectivity index (χ3v) is 4.53. The number of halogens is 1. The molecular formula is C21H16FN7O. The number of benzene rings is 2. The second kappa shape index (κ2) is 7.36. The van der Waals surface area contributed by atoms with Crippen LogP contribution >= 0.6 is 0 Å². The fourth-order valence-corrected chi connectivity index (χ4v) is 3.11. The van der Waals surface area contributed by atoms with Crippen LogP contribution in [0, 0.1) is 5.82 Å². The minimum absolute atomic E-state index is 0.160. The van der Waals surface area contributed by atoms with E-state index in [-0.39, 0.29) is 12.4 Å². The van der Waals surface area contributed by atoms with E-state index in [1.165, 1.54) is 12.1 Å². The van der Waals surface area contributed by atoms with Crippen LogP contribution in [0.15, 0.2) is 67.0 Å². The van der Waals surface area contributed by atoms with Crippen molar-refractivity contribution < 1.29 is 9.13 Å². The van der Waals surface area contributed by atoms with E-state index >= 15 is 0 Å². The lowest BCUT2D eigenvalue weighted by atomic mass is 10.1.